The van der Waals surface area contributed by atoms with Crippen LogP contribution in [-0.4, -0.2) is 10.3 Å². The smallest absolute Gasteiger partial charge is 0.0926 e. The predicted molar refractivity (Wildman–Crippen MR) is 163 cm³/mol. The molecular weight excluding hydrogens is 482 g/mol. The van der Waals surface area contributed by atoms with Crippen LogP contribution in [0.1, 0.15) is 11.1 Å². The molecule has 38 heavy (non-hydrogen) atoms. The standard InChI is InChI=1S/C34H25N3S/c35-28(23-11-3-1-4-12-23)21-29(24-13-5-2-6-14-24)36-22-37-30-17-9-7-16-27(30)33-31(37)20-19-26-25-15-8-10-18-32(25)38-34(26)33/h1-21,35-36H,22H2/b29-21-,35-28?. The molecule has 0 unspecified atom stereocenters. The van der Waals surface area contributed by atoms with E-state index in [1.165, 1.54) is 42.0 Å². The summed E-state index contributed by atoms with van der Waals surface area (Å²) in [4.78, 5) is 0. The predicted octanol–water partition coefficient (Wildman–Crippen LogP) is 8.82. The first-order valence-corrected chi connectivity index (χ1v) is 13.6. The van der Waals surface area contributed by atoms with Gasteiger partial charge in [-0.25, -0.2) is 0 Å². The van der Waals surface area contributed by atoms with Crippen LogP contribution >= 0.6 is 11.3 Å². The second-order valence-electron chi connectivity index (χ2n) is 9.42. The third-order valence-electron chi connectivity index (χ3n) is 7.17. The van der Waals surface area contributed by atoms with Gasteiger partial charge in [-0.2, -0.15) is 0 Å². The molecule has 0 aliphatic rings. The number of para-hydroxylation sites is 1. The Balaban J connectivity index is 1.36. The van der Waals surface area contributed by atoms with E-state index in [4.69, 9.17) is 5.41 Å². The summed E-state index contributed by atoms with van der Waals surface area (Å²) in [5, 5.41) is 17.6. The molecule has 2 heterocycles. The molecule has 2 N–H and O–H groups in total. The van der Waals surface area contributed by atoms with Crippen molar-refractivity contribution in [2.75, 3.05) is 0 Å². The second-order valence-corrected chi connectivity index (χ2v) is 10.5. The summed E-state index contributed by atoms with van der Waals surface area (Å²) in [5.41, 5.74) is 5.76. The molecule has 7 rings (SSSR count). The maximum Gasteiger partial charge on any atom is 0.0926 e. The lowest BCUT2D eigenvalue weighted by Gasteiger charge is -2.15. The molecule has 0 fully saturated rings. The van der Waals surface area contributed by atoms with Crippen LogP contribution in [0.25, 0.3) is 47.7 Å². The SMILES string of the molecule is N=C(/C=C(\NCn1c2ccccc2c2c3sc4ccccc4c3ccc21)c1ccccc1)c1ccccc1. The van der Waals surface area contributed by atoms with Crippen molar-refractivity contribution in [1.82, 2.24) is 9.88 Å². The first kappa shape index (κ1) is 22.5. The van der Waals surface area contributed by atoms with Gasteiger partial charge in [0.1, 0.15) is 0 Å². The molecule has 3 nitrogen and oxygen atoms in total. The van der Waals surface area contributed by atoms with Crippen LogP contribution in [-0.2, 0) is 6.67 Å². The lowest BCUT2D eigenvalue weighted by Crippen LogP contribution is -2.18. The molecule has 0 spiro atoms. The minimum absolute atomic E-state index is 0.478. The van der Waals surface area contributed by atoms with Crippen LogP contribution in [0.3, 0.4) is 0 Å². The Labute approximate surface area is 224 Å². The average Bonchev–Trinajstić information content (AvgIpc) is 3.51. The molecule has 7 aromatic rings. The molecule has 0 amide bonds. The minimum atomic E-state index is 0.478. The molecule has 0 aliphatic carbocycles. The Hall–Kier alpha value is -4.67. The van der Waals surface area contributed by atoms with E-state index in [0.29, 0.717) is 12.4 Å². The fraction of sp³-hybridized carbons (Fsp3) is 0.0294. The number of hydrogen-bond acceptors (Lipinski definition) is 3. The molecule has 4 heteroatoms. The summed E-state index contributed by atoms with van der Waals surface area (Å²) in [5.74, 6) is 0. The van der Waals surface area contributed by atoms with Crippen LogP contribution in [0.15, 0.2) is 127 Å². The van der Waals surface area contributed by atoms with Crippen molar-refractivity contribution in [2.45, 2.75) is 6.67 Å². The highest BCUT2D eigenvalue weighted by Gasteiger charge is 2.16. The van der Waals surface area contributed by atoms with Gasteiger partial charge in [-0.3, -0.25) is 0 Å². The number of thiophene rings is 1. The Kier molecular flexibility index (Phi) is 5.53. The van der Waals surface area contributed by atoms with Gasteiger partial charge in [0.25, 0.3) is 0 Å². The molecule has 0 saturated heterocycles. The van der Waals surface area contributed by atoms with Gasteiger partial charge in [0, 0.05) is 36.6 Å². The molecule has 0 radical (unpaired) electrons. The van der Waals surface area contributed by atoms with E-state index in [9.17, 15) is 0 Å². The van der Waals surface area contributed by atoms with Gasteiger partial charge in [0.05, 0.1) is 23.4 Å². The van der Waals surface area contributed by atoms with Crippen molar-refractivity contribution in [3.63, 3.8) is 0 Å². The van der Waals surface area contributed by atoms with E-state index >= 15 is 0 Å². The van der Waals surface area contributed by atoms with E-state index in [1.807, 2.05) is 65.9 Å². The van der Waals surface area contributed by atoms with Crippen LogP contribution in [0.5, 0.6) is 0 Å². The third kappa shape index (κ3) is 3.78. The molecular formula is C34H25N3S. The summed E-state index contributed by atoms with van der Waals surface area (Å²) in [6, 6.07) is 42.0. The maximum absolute atomic E-state index is 8.75. The molecule has 0 saturated carbocycles. The van der Waals surface area contributed by atoms with Crippen LogP contribution in [0.2, 0.25) is 0 Å². The first-order chi connectivity index (χ1) is 18.8. The van der Waals surface area contributed by atoms with Gasteiger partial charge in [-0.05, 0) is 35.4 Å². The zero-order valence-corrected chi connectivity index (χ0v) is 21.5. The summed E-state index contributed by atoms with van der Waals surface area (Å²) in [6.07, 6.45) is 1.93. The van der Waals surface area contributed by atoms with Crippen molar-refractivity contribution < 1.29 is 0 Å². The number of hydrogen-bond donors (Lipinski definition) is 2. The molecule has 182 valence electrons. The normalized spacial score (nSPS) is 12.1. The van der Waals surface area contributed by atoms with E-state index in [-0.39, 0.29) is 0 Å². The number of nitrogens with one attached hydrogen (secondary N) is 2. The van der Waals surface area contributed by atoms with Gasteiger partial charge in [-0.1, -0.05) is 103 Å². The number of rotatable bonds is 6. The summed E-state index contributed by atoms with van der Waals surface area (Å²) in [6.45, 7) is 0.587. The minimum Gasteiger partial charge on any atom is -0.367 e. The first-order valence-electron chi connectivity index (χ1n) is 12.7. The van der Waals surface area contributed by atoms with Crippen molar-refractivity contribution in [3.8, 4) is 0 Å². The van der Waals surface area contributed by atoms with Gasteiger partial charge in [0.15, 0.2) is 0 Å². The van der Waals surface area contributed by atoms with Gasteiger partial charge < -0.3 is 15.3 Å². The Bertz CT molecular complexity index is 1980. The lowest BCUT2D eigenvalue weighted by atomic mass is 10.1. The van der Waals surface area contributed by atoms with Gasteiger partial charge in [0.2, 0.25) is 0 Å². The second kappa shape index (κ2) is 9.33. The van der Waals surface area contributed by atoms with Crippen LogP contribution in [0, 0.1) is 5.41 Å². The number of benzene rings is 5. The zero-order valence-electron chi connectivity index (χ0n) is 20.7. The fourth-order valence-electron chi connectivity index (χ4n) is 5.35. The van der Waals surface area contributed by atoms with Crippen molar-refractivity contribution in [1.29, 1.82) is 5.41 Å². The monoisotopic (exact) mass is 507 g/mol. The topological polar surface area (TPSA) is 40.8 Å². The maximum atomic E-state index is 8.75. The Morgan fingerprint density at radius 2 is 1.32 bits per heavy atom. The number of allylic oxidation sites excluding steroid dienone is 1. The highest BCUT2D eigenvalue weighted by molar-refractivity contribution is 7.26. The quantitative estimate of drug-likeness (QED) is 0.217. The van der Waals surface area contributed by atoms with E-state index in [1.54, 1.807) is 0 Å². The van der Waals surface area contributed by atoms with Crippen molar-refractivity contribution in [3.05, 3.63) is 139 Å². The highest BCUT2D eigenvalue weighted by atomic mass is 32.1. The highest BCUT2D eigenvalue weighted by Crippen LogP contribution is 2.42. The largest absolute Gasteiger partial charge is 0.367 e. The summed E-state index contributed by atoms with van der Waals surface area (Å²) >= 11 is 1.87. The Morgan fingerprint density at radius 1 is 0.658 bits per heavy atom. The van der Waals surface area contributed by atoms with Gasteiger partial charge in [-0.15, -0.1) is 11.3 Å². The number of nitrogens with zero attached hydrogens (tertiary/aromatic N) is 1. The molecule has 5 aromatic carbocycles. The van der Waals surface area contributed by atoms with E-state index < -0.39 is 0 Å². The molecule has 0 atom stereocenters. The van der Waals surface area contributed by atoms with E-state index in [2.05, 4.69) is 82.7 Å². The molecule has 0 bridgehead atoms. The molecule has 2 aromatic heterocycles. The number of aromatic nitrogens is 1. The summed E-state index contributed by atoms with van der Waals surface area (Å²) < 4.78 is 5.01. The van der Waals surface area contributed by atoms with Crippen LogP contribution < -0.4 is 5.32 Å². The zero-order chi connectivity index (χ0) is 25.5. The average molecular weight is 508 g/mol. The number of fused-ring (bicyclic) bond motifs is 7. The van der Waals surface area contributed by atoms with Gasteiger partial charge >= 0.3 is 0 Å². The summed E-state index contributed by atoms with van der Waals surface area (Å²) in [7, 11) is 0. The van der Waals surface area contributed by atoms with Crippen molar-refractivity contribution in [2.24, 2.45) is 0 Å². The molecule has 0 aliphatic heterocycles. The lowest BCUT2D eigenvalue weighted by molar-refractivity contribution is 0.696. The Morgan fingerprint density at radius 3 is 2.11 bits per heavy atom. The van der Waals surface area contributed by atoms with Crippen molar-refractivity contribution >= 4 is 64.7 Å². The van der Waals surface area contributed by atoms with E-state index in [0.717, 1.165) is 16.8 Å². The van der Waals surface area contributed by atoms with Crippen LogP contribution in [0.4, 0.5) is 0 Å². The third-order valence-corrected chi connectivity index (χ3v) is 8.37. The fourth-order valence-corrected chi connectivity index (χ4v) is 6.61.